The van der Waals surface area contributed by atoms with Crippen molar-refractivity contribution in [2.45, 2.75) is 63.1 Å². The summed E-state index contributed by atoms with van der Waals surface area (Å²) in [4.78, 5) is 17.4. The number of ether oxygens (including phenoxy) is 1. The lowest BCUT2D eigenvalue weighted by atomic mass is 9.88. The van der Waals surface area contributed by atoms with Gasteiger partial charge >= 0.3 is 0 Å². The zero-order chi connectivity index (χ0) is 22.8. The molecule has 4 fully saturated rings. The highest BCUT2D eigenvalue weighted by Gasteiger charge is 2.42. The van der Waals surface area contributed by atoms with Crippen molar-refractivity contribution in [3.05, 3.63) is 29.6 Å². The van der Waals surface area contributed by atoms with Crippen molar-refractivity contribution in [1.82, 2.24) is 10.2 Å². The van der Waals surface area contributed by atoms with Crippen molar-refractivity contribution in [1.29, 1.82) is 5.26 Å². The van der Waals surface area contributed by atoms with E-state index in [1.54, 1.807) is 12.1 Å². The van der Waals surface area contributed by atoms with E-state index in [0.29, 0.717) is 23.6 Å². The van der Waals surface area contributed by atoms with Crippen LogP contribution in [0.3, 0.4) is 0 Å². The zero-order valence-electron chi connectivity index (χ0n) is 19.3. The van der Waals surface area contributed by atoms with E-state index in [0.717, 1.165) is 77.1 Å². The number of carbonyl (C=O) groups is 1. The number of rotatable bonds is 8. The number of anilines is 1. The van der Waals surface area contributed by atoms with Gasteiger partial charge in [0.2, 0.25) is 0 Å². The first kappa shape index (κ1) is 22.8. The molecule has 0 amide bonds. The smallest absolute Gasteiger partial charge is 0.151 e. The number of piperazine rings is 1. The molecule has 0 radical (unpaired) electrons. The minimum absolute atomic E-state index is 0.106. The van der Waals surface area contributed by atoms with Crippen molar-refractivity contribution in [2.24, 2.45) is 11.8 Å². The van der Waals surface area contributed by atoms with Gasteiger partial charge in [-0.3, -0.25) is 9.69 Å². The molecule has 3 aliphatic heterocycles. The highest BCUT2D eigenvalue weighted by atomic mass is 19.1. The van der Waals surface area contributed by atoms with Crippen LogP contribution in [0.2, 0.25) is 0 Å². The Balaban J connectivity index is 1.13. The highest BCUT2D eigenvalue weighted by molar-refractivity contribution is 5.85. The summed E-state index contributed by atoms with van der Waals surface area (Å²) in [5.41, 5.74) is 1.42. The van der Waals surface area contributed by atoms with Crippen LogP contribution in [-0.4, -0.2) is 68.2 Å². The van der Waals surface area contributed by atoms with Gasteiger partial charge in [-0.05, 0) is 62.1 Å². The van der Waals surface area contributed by atoms with Crippen LogP contribution in [0.15, 0.2) is 18.2 Å². The summed E-state index contributed by atoms with van der Waals surface area (Å²) < 4.78 is 20.7. The first-order chi connectivity index (χ1) is 16.1. The van der Waals surface area contributed by atoms with Gasteiger partial charge in [0.05, 0.1) is 24.1 Å². The van der Waals surface area contributed by atoms with Crippen molar-refractivity contribution in [2.75, 3.05) is 44.2 Å². The van der Waals surface area contributed by atoms with Gasteiger partial charge in [0, 0.05) is 57.5 Å². The van der Waals surface area contributed by atoms with Crippen molar-refractivity contribution < 1.29 is 13.9 Å². The average Bonchev–Trinajstić information content (AvgIpc) is 3.59. The van der Waals surface area contributed by atoms with Crippen LogP contribution in [0.4, 0.5) is 10.1 Å². The van der Waals surface area contributed by atoms with Gasteiger partial charge < -0.3 is 15.0 Å². The number of benzene rings is 1. The third kappa shape index (κ3) is 5.24. The molecular weight excluding hydrogens is 419 g/mol. The number of hydrogen-bond acceptors (Lipinski definition) is 6. The minimum Gasteiger partial charge on any atom is -0.377 e. The van der Waals surface area contributed by atoms with Crippen LogP contribution in [0.25, 0.3) is 0 Å². The van der Waals surface area contributed by atoms with Crippen molar-refractivity contribution in [3.63, 3.8) is 0 Å². The Labute approximate surface area is 196 Å². The van der Waals surface area contributed by atoms with Gasteiger partial charge in [0.1, 0.15) is 5.82 Å². The SMILES string of the molecule is N#C[C@@H](CC(=O)[C@H]1N[C@@H]2CC[C@H]1C2)Cc1ccc(N2CCN(CC3CCCO3)CC2)cc1F. The molecule has 2 bridgehead atoms. The molecule has 0 aromatic heterocycles. The fourth-order valence-electron chi connectivity index (χ4n) is 6.18. The van der Waals surface area contributed by atoms with Gasteiger partial charge in [0.25, 0.3) is 0 Å². The fourth-order valence-corrected chi connectivity index (χ4v) is 6.18. The summed E-state index contributed by atoms with van der Waals surface area (Å²) in [6.45, 7) is 5.54. The third-order valence-corrected chi connectivity index (χ3v) is 8.06. The van der Waals surface area contributed by atoms with Crippen LogP contribution in [0.1, 0.15) is 44.1 Å². The Kier molecular flexibility index (Phi) is 6.96. The second-order valence-corrected chi connectivity index (χ2v) is 10.3. The van der Waals surface area contributed by atoms with Gasteiger partial charge in [0.15, 0.2) is 5.78 Å². The molecule has 3 saturated heterocycles. The Morgan fingerprint density at radius 2 is 2.09 bits per heavy atom. The number of piperidine rings is 1. The lowest BCUT2D eigenvalue weighted by Crippen LogP contribution is -2.48. The number of halogens is 1. The maximum atomic E-state index is 14.9. The Morgan fingerprint density at radius 1 is 1.24 bits per heavy atom. The third-order valence-electron chi connectivity index (χ3n) is 8.06. The maximum absolute atomic E-state index is 14.9. The van der Waals surface area contributed by atoms with E-state index in [4.69, 9.17) is 4.74 Å². The maximum Gasteiger partial charge on any atom is 0.151 e. The van der Waals surface area contributed by atoms with Crippen molar-refractivity contribution >= 4 is 11.5 Å². The summed E-state index contributed by atoms with van der Waals surface area (Å²) in [7, 11) is 0. The van der Waals surface area contributed by atoms with Gasteiger partial charge in [-0.15, -0.1) is 0 Å². The number of nitrogens with one attached hydrogen (secondary N) is 1. The van der Waals surface area contributed by atoms with Gasteiger partial charge in [-0.25, -0.2) is 4.39 Å². The van der Waals surface area contributed by atoms with E-state index in [1.807, 2.05) is 6.07 Å². The Morgan fingerprint density at radius 3 is 2.73 bits per heavy atom. The summed E-state index contributed by atoms with van der Waals surface area (Å²) >= 11 is 0. The zero-order valence-corrected chi connectivity index (χ0v) is 19.3. The summed E-state index contributed by atoms with van der Waals surface area (Å²) in [6.07, 6.45) is 6.49. The summed E-state index contributed by atoms with van der Waals surface area (Å²) in [5, 5.41) is 13.0. The molecule has 1 aromatic rings. The lowest BCUT2D eigenvalue weighted by Gasteiger charge is -2.37. The van der Waals surface area contributed by atoms with Crippen LogP contribution >= 0.6 is 0 Å². The summed E-state index contributed by atoms with van der Waals surface area (Å²) in [6, 6.07) is 7.96. The average molecular weight is 455 g/mol. The standard InChI is InChI=1S/C26H35FN4O2/c27-24-15-22(31-9-7-30(8-10-31)17-23-2-1-11-33-23)6-4-19(24)12-18(16-28)13-25(32)26-20-3-5-21(14-20)29-26/h4,6,15,18,20-21,23,26,29H,1-3,5,7-14,17H2/t18-,20+,21-,23?,26+/m1/s1. The second-order valence-electron chi connectivity index (χ2n) is 10.3. The normalized spacial score (nSPS) is 30.5. The highest BCUT2D eigenvalue weighted by Crippen LogP contribution is 2.36. The molecule has 5 rings (SSSR count). The quantitative estimate of drug-likeness (QED) is 0.652. The number of nitrogens with zero attached hydrogens (tertiary/aromatic N) is 3. The van der Waals surface area contributed by atoms with Crippen LogP contribution in [0.5, 0.6) is 0 Å². The molecule has 178 valence electrons. The van der Waals surface area contributed by atoms with Gasteiger partial charge in [-0.2, -0.15) is 5.26 Å². The summed E-state index contributed by atoms with van der Waals surface area (Å²) in [5.74, 6) is -0.226. The first-order valence-corrected chi connectivity index (χ1v) is 12.6. The number of ketones is 1. The largest absolute Gasteiger partial charge is 0.377 e. The molecular formula is C26H35FN4O2. The van der Waals surface area contributed by atoms with E-state index < -0.39 is 5.92 Å². The number of carbonyl (C=O) groups excluding carboxylic acids is 1. The van der Waals surface area contributed by atoms with E-state index in [9.17, 15) is 14.4 Å². The van der Waals surface area contributed by atoms with Gasteiger partial charge in [-0.1, -0.05) is 6.07 Å². The molecule has 4 aliphatic rings. The topological polar surface area (TPSA) is 68.6 Å². The molecule has 1 N–H and O–H groups in total. The van der Waals surface area contributed by atoms with E-state index in [1.165, 1.54) is 0 Å². The van der Waals surface area contributed by atoms with Crippen LogP contribution in [-0.2, 0) is 16.0 Å². The molecule has 0 spiro atoms. The van der Waals surface area contributed by atoms with E-state index in [-0.39, 0.29) is 30.5 Å². The molecule has 3 heterocycles. The fraction of sp³-hybridized carbons (Fsp3) is 0.692. The molecule has 5 atom stereocenters. The van der Waals surface area contributed by atoms with Crippen molar-refractivity contribution in [3.8, 4) is 6.07 Å². The van der Waals surface area contributed by atoms with Crippen LogP contribution in [0, 0.1) is 29.0 Å². The number of hydrogen-bond donors (Lipinski definition) is 1. The lowest BCUT2D eigenvalue weighted by molar-refractivity contribution is -0.122. The van der Waals surface area contributed by atoms with E-state index >= 15 is 0 Å². The predicted octanol–water partition coefficient (Wildman–Crippen LogP) is 2.91. The first-order valence-electron chi connectivity index (χ1n) is 12.6. The monoisotopic (exact) mass is 454 g/mol. The molecule has 7 heteroatoms. The molecule has 1 saturated carbocycles. The molecule has 1 aromatic carbocycles. The van der Waals surface area contributed by atoms with Crippen LogP contribution < -0.4 is 10.2 Å². The predicted molar refractivity (Wildman–Crippen MR) is 125 cm³/mol. The van der Waals surface area contributed by atoms with E-state index in [2.05, 4.69) is 21.2 Å². The number of nitriles is 1. The Hall–Kier alpha value is -2.01. The molecule has 1 aliphatic carbocycles. The Bertz CT molecular complexity index is 889. The number of fused-ring (bicyclic) bond motifs is 2. The molecule has 6 nitrogen and oxygen atoms in total. The minimum atomic E-state index is -0.486. The second kappa shape index (κ2) is 10.1. The molecule has 1 unspecified atom stereocenters. The molecule has 33 heavy (non-hydrogen) atoms. The number of Topliss-reactive ketones (excluding diaryl/α,β-unsaturated/α-hetero) is 1.